The highest BCUT2D eigenvalue weighted by atomic mass is 16.5. The maximum Gasteiger partial charge on any atom is 0.222 e. The lowest BCUT2D eigenvalue weighted by Crippen LogP contribution is -2.23. The Morgan fingerprint density at radius 3 is 2.75 bits per heavy atom. The van der Waals surface area contributed by atoms with Gasteiger partial charge in [0.15, 0.2) is 11.9 Å². The van der Waals surface area contributed by atoms with Crippen LogP contribution in [0.1, 0.15) is 0 Å². The second kappa shape index (κ2) is 2.37. The van der Waals surface area contributed by atoms with Crippen molar-refractivity contribution in [3.05, 3.63) is 41.9 Å². The molecule has 0 atom stereocenters. The van der Waals surface area contributed by atoms with Crippen molar-refractivity contribution >= 4 is 10.8 Å². The second-order valence-electron chi connectivity index (χ2n) is 2.59. The first-order valence-corrected chi connectivity index (χ1v) is 3.58. The Bertz CT molecular complexity index is 426. The van der Waals surface area contributed by atoms with Gasteiger partial charge in [-0.25, -0.2) is 0 Å². The molecular formula is C9H7NO2. The minimum atomic E-state index is 0.0168. The van der Waals surface area contributed by atoms with Crippen LogP contribution in [0.25, 0.3) is 10.8 Å². The van der Waals surface area contributed by atoms with Gasteiger partial charge in [0, 0.05) is 5.39 Å². The number of benzene rings is 1. The average molecular weight is 161 g/mol. The SMILES string of the molecule is [O-][n+]1cc(O)c2ccccc2c1. The van der Waals surface area contributed by atoms with Crippen LogP contribution in [-0.2, 0) is 0 Å². The van der Waals surface area contributed by atoms with Crippen molar-refractivity contribution in [1.82, 2.24) is 0 Å². The molecule has 0 unspecified atom stereocenters. The van der Waals surface area contributed by atoms with E-state index in [2.05, 4.69) is 0 Å². The molecule has 0 saturated heterocycles. The Hall–Kier alpha value is -1.77. The highest BCUT2D eigenvalue weighted by Crippen LogP contribution is 2.20. The Labute approximate surface area is 69.1 Å². The smallest absolute Gasteiger partial charge is 0.222 e. The number of rotatable bonds is 0. The molecule has 1 heterocycles. The molecule has 0 aliphatic heterocycles. The molecule has 0 amide bonds. The van der Waals surface area contributed by atoms with Crippen molar-refractivity contribution in [2.75, 3.05) is 0 Å². The Morgan fingerprint density at radius 2 is 1.92 bits per heavy atom. The molecule has 0 radical (unpaired) electrons. The lowest BCUT2D eigenvalue weighted by Gasteiger charge is -2.00. The second-order valence-corrected chi connectivity index (χ2v) is 2.59. The third-order valence-corrected chi connectivity index (χ3v) is 1.75. The van der Waals surface area contributed by atoms with Gasteiger partial charge in [-0.15, -0.1) is 0 Å². The van der Waals surface area contributed by atoms with Crippen LogP contribution in [-0.4, -0.2) is 5.11 Å². The maximum absolute atomic E-state index is 10.9. The topological polar surface area (TPSA) is 47.2 Å². The zero-order chi connectivity index (χ0) is 8.55. The van der Waals surface area contributed by atoms with Gasteiger partial charge in [-0.1, -0.05) is 18.2 Å². The van der Waals surface area contributed by atoms with Crippen molar-refractivity contribution in [2.24, 2.45) is 0 Å². The summed E-state index contributed by atoms with van der Waals surface area (Å²) in [6.45, 7) is 0. The van der Waals surface area contributed by atoms with Gasteiger partial charge in [0.25, 0.3) is 0 Å². The summed E-state index contributed by atoms with van der Waals surface area (Å²) in [4.78, 5) is 0. The van der Waals surface area contributed by atoms with Gasteiger partial charge in [-0.2, -0.15) is 4.73 Å². The summed E-state index contributed by atoms with van der Waals surface area (Å²) >= 11 is 0. The molecule has 12 heavy (non-hydrogen) atoms. The van der Waals surface area contributed by atoms with Crippen molar-refractivity contribution < 1.29 is 9.84 Å². The van der Waals surface area contributed by atoms with E-state index in [1.807, 2.05) is 12.1 Å². The summed E-state index contributed by atoms with van der Waals surface area (Å²) in [5, 5.41) is 21.6. The summed E-state index contributed by atoms with van der Waals surface area (Å²) in [6.07, 6.45) is 2.57. The van der Waals surface area contributed by atoms with Gasteiger partial charge in [-0.3, -0.25) is 0 Å². The fourth-order valence-corrected chi connectivity index (χ4v) is 1.21. The van der Waals surface area contributed by atoms with Crippen LogP contribution < -0.4 is 4.73 Å². The zero-order valence-corrected chi connectivity index (χ0v) is 6.27. The van der Waals surface area contributed by atoms with E-state index in [4.69, 9.17) is 0 Å². The number of nitrogens with zero attached hydrogens (tertiary/aromatic N) is 1. The molecule has 2 aromatic rings. The molecular weight excluding hydrogens is 154 g/mol. The van der Waals surface area contributed by atoms with Gasteiger partial charge >= 0.3 is 0 Å². The van der Waals surface area contributed by atoms with Crippen LogP contribution >= 0.6 is 0 Å². The highest BCUT2D eigenvalue weighted by molar-refractivity contribution is 5.85. The zero-order valence-electron chi connectivity index (χ0n) is 6.27. The number of pyridine rings is 1. The maximum atomic E-state index is 10.9. The molecule has 0 bridgehead atoms. The first kappa shape index (κ1) is 6.91. The largest absolute Gasteiger partial charge is 0.619 e. The van der Waals surface area contributed by atoms with Crippen LogP contribution in [0.3, 0.4) is 0 Å². The number of hydrogen-bond acceptors (Lipinski definition) is 2. The number of fused-ring (bicyclic) bond motifs is 1. The minimum absolute atomic E-state index is 0.0168. The quantitative estimate of drug-likeness (QED) is 0.466. The molecule has 1 aromatic carbocycles. The van der Waals surface area contributed by atoms with Crippen LogP contribution in [0.15, 0.2) is 36.7 Å². The van der Waals surface area contributed by atoms with Crippen molar-refractivity contribution in [3.8, 4) is 5.75 Å². The van der Waals surface area contributed by atoms with Gasteiger partial charge in [-0.05, 0) is 6.07 Å². The monoisotopic (exact) mass is 161 g/mol. The number of hydrogen-bond donors (Lipinski definition) is 1. The Balaban J connectivity index is 2.89. The van der Waals surface area contributed by atoms with Gasteiger partial charge in [0.2, 0.25) is 6.20 Å². The molecule has 1 N–H and O–H groups in total. The Kier molecular flexibility index (Phi) is 1.37. The summed E-state index contributed by atoms with van der Waals surface area (Å²) in [5.41, 5.74) is 0. The fraction of sp³-hybridized carbons (Fsp3) is 0. The minimum Gasteiger partial charge on any atom is -0.619 e. The predicted octanol–water partition coefficient (Wildman–Crippen LogP) is 1.18. The van der Waals surface area contributed by atoms with Gasteiger partial charge in [0.1, 0.15) is 0 Å². The van der Waals surface area contributed by atoms with Gasteiger partial charge in [0.05, 0.1) is 5.39 Å². The van der Waals surface area contributed by atoms with E-state index in [1.54, 1.807) is 12.1 Å². The van der Waals surface area contributed by atoms with Crippen molar-refractivity contribution in [3.63, 3.8) is 0 Å². The van der Waals surface area contributed by atoms with E-state index in [0.29, 0.717) is 10.1 Å². The average Bonchev–Trinajstić information content (AvgIpc) is 2.04. The molecule has 0 aliphatic rings. The van der Waals surface area contributed by atoms with Gasteiger partial charge < -0.3 is 10.3 Å². The van der Waals surface area contributed by atoms with E-state index in [-0.39, 0.29) is 5.75 Å². The summed E-state index contributed by atoms with van der Waals surface area (Å²) in [5.74, 6) is 0.0168. The number of aromatic hydroxyl groups is 1. The third-order valence-electron chi connectivity index (χ3n) is 1.75. The van der Waals surface area contributed by atoms with Crippen LogP contribution in [0.5, 0.6) is 5.75 Å². The first-order valence-electron chi connectivity index (χ1n) is 3.58. The van der Waals surface area contributed by atoms with Crippen LogP contribution in [0.4, 0.5) is 0 Å². The van der Waals surface area contributed by atoms with E-state index < -0.39 is 0 Å². The van der Waals surface area contributed by atoms with E-state index >= 15 is 0 Å². The summed E-state index contributed by atoms with van der Waals surface area (Å²) < 4.78 is 0.595. The lowest BCUT2D eigenvalue weighted by molar-refractivity contribution is -0.604. The van der Waals surface area contributed by atoms with E-state index in [9.17, 15) is 10.3 Å². The highest BCUT2D eigenvalue weighted by Gasteiger charge is 2.02. The third kappa shape index (κ3) is 0.955. The molecule has 3 heteroatoms. The standard InChI is InChI=1S/C9H7NO2/c11-9-6-10(12)5-7-3-1-2-4-8(7)9/h1-6,11H. The molecule has 2 rings (SSSR count). The summed E-state index contributed by atoms with van der Waals surface area (Å²) in [7, 11) is 0. The lowest BCUT2D eigenvalue weighted by atomic mass is 10.2. The first-order chi connectivity index (χ1) is 5.77. The number of aromatic nitrogens is 1. The molecule has 0 fully saturated rings. The van der Waals surface area contributed by atoms with E-state index in [1.165, 1.54) is 6.20 Å². The molecule has 0 spiro atoms. The molecule has 0 saturated carbocycles. The molecule has 1 aromatic heterocycles. The molecule has 60 valence electrons. The fourth-order valence-electron chi connectivity index (χ4n) is 1.21. The predicted molar refractivity (Wildman–Crippen MR) is 44.6 cm³/mol. The van der Waals surface area contributed by atoms with Crippen LogP contribution in [0, 0.1) is 5.21 Å². The van der Waals surface area contributed by atoms with Crippen molar-refractivity contribution in [1.29, 1.82) is 0 Å². The normalized spacial score (nSPS) is 10.3. The van der Waals surface area contributed by atoms with Crippen molar-refractivity contribution in [2.45, 2.75) is 0 Å². The molecule has 3 nitrogen and oxygen atoms in total. The van der Waals surface area contributed by atoms with E-state index in [0.717, 1.165) is 11.6 Å². The Morgan fingerprint density at radius 1 is 1.17 bits per heavy atom. The van der Waals surface area contributed by atoms with Crippen LogP contribution in [0.2, 0.25) is 0 Å². The summed E-state index contributed by atoms with van der Waals surface area (Å²) in [6, 6.07) is 7.19. The molecule has 0 aliphatic carbocycles.